The van der Waals surface area contributed by atoms with Crippen LogP contribution in [0.4, 0.5) is 0 Å². The van der Waals surface area contributed by atoms with Gasteiger partial charge >= 0.3 is 0 Å². The Bertz CT molecular complexity index is 1380. The highest BCUT2D eigenvalue weighted by atomic mass is 79.9. The minimum atomic E-state index is -1.02. The smallest absolute Gasteiger partial charge is 0.178 e. The van der Waals surface area contributed by atoms with E-state index in [1.165, 1.54) is 0 Å². The lowest BCUT2D eigenvalue weighted by Gasteiger charge is -2.38. The minimum Gasteiger partial charge on any atom is -0.494 e. The standard InChI is InChI=1S/C31H29BrO3/c1-4-19-34-25-15-11-23(12-16-25)31(22-9-13-24(32)14-10-22)18-17-27-28(30(2,3)33)20-21-7-5-6-8-26(21)29(27)35-31/h5-18,20,33H,4,19H2,1-3H3. The fourth-order valence-electron chi connectivity index (χ4n) is 4.70. The Balaban J connectivity index is 1.73. The molecule has 1 aliphatic rings. The van der Waals surface area contributed by atoms with Crippen LogP contribution in [0, 0.1) is 0 Å². The van der Waals surface area contributed by atoms with Crippen molar-refractivity contribution in [3.05, 3.63) is 112 Å². The summed E-state index contributed by atoms with van der Waals surface area (Å²) in [6, 6.07) is 26.6. The van der Waals surface area contributed by atoms with E-state index in [0.717, 1.165) is 55.4 Å². The molecule has 0 aromatic heterocycles. The molecule has 1 heterocycles. The molecule has 0 spiro atoms. The molecule has 0 saturated heterocycles. The average molecular weight is 529 g/mol. The van der Waals surface area contributed by atoms with Crippen molar-refractivity contribution in [1.82, 2.24) is 0 Å². The van der Waals surface area contributed by atoms with Crippen molar-refractivity contribution in [3.63, 3.8) is 0 Å². The molecule has 0 bridgehead atoms. The second-order valence-corrected chi connectivity index (χ2v) is 10.4. The van der Waals surface area contributed by atoms with E-state index in [9.17, 15) is 5.11 Å². The molecule has 1 atom stereocenters. The minimum absolute atomic E-state index is 0.687. The molecule has 0 fully saturated rings. The molecular formula is C31H29BrO3. The summed E-state index contributed by atoms with van der Waals surface area (Å²) in [6.45, 7) is 6.42. The summed E-state index contributed by atoms with van der Waals surface area (Å²) in [6.07, 6.45) is 5.16. The van der Waals surface area contributed by atoms with E-state index in [1.54, 1.807) is 0 Å². The van der Waals surface area contributed by atoms with Crippen LogP contribution < -0.4 is 9.47 Å². The van der Waals surface area contributed by atoms with Gasteiger partial charge in [0.25, 0.3) is 0 Å². The zero-order valence-corrected chi connectivity index (χ0v) is 21.8. The summed E-state index contributed by atoms with van der Waals surface area (Å²) < 4.78 is 13.9. The van der Waals surface area contributed by atoms with Gasteiger partial charge in [-0.2, -0.15) is 0 Å². The maximum absolute atomic E-state index is 11.0. The van der Waals surface area contributed by atoms with Crippen molar-refractivity contribution in [1.29, 1.82) is 0 Å². The number of fused-ring (bicyclic) bond motifs is 3. The Morgan fingerprint density at radius 3 is 2.26 bits per heavy atom. The monoisotopic (exact) mass is 528 g/mol. The molecule has 3 nitrogen and oxygen atoms in total. The molecule has 178 valence electrons. The molecule has 1 N–H and O–H groups in total. The van der Waals surface area contributed by atoms with Crippen LogP contribution in [0.25, 0.3) is 16.8 Å². The van der Waals surface area contributed by atoms with Crippen molar-refractivity contribution < 1.29 is 14.6 Å². The first kappa shape index (κ1) is 23.7. The van der Waals surface area contributed by atoms with Crippen molar-refractivity contribution in [2.24, 2.45) is 0 Å². The Labute approximate surface area is 215 Å². The summed E-state index contributed by atoms with van der Waals surface area (Å²) in [5, 5.41) is 13.0. The molecular weight excluding hydrogens is 500 g/mol. The molecule has 0 amide bonds. The lowest BCUT2D eigenvalue weighted by atomic mass is 9.81. The normalized spacial score (nSPS) is 17.2. The van der Waals surface area contributed by atoms with Gasteiger partial charge in [0.15, 0.2) is 5.60 Å². The highest BCUT2D eigenvalue weighted by molar-refractivity contribution is 9.10. The van der Waals surface area contributed by atoms with Crippen LogP contribution in [0.15, 0.2) is 89.4 Å². The second kappa shape index (κ2) is 9.18. The van der Waals surface area contributed by atoms with Crippen molar-refractivity contribution >= 4 is 32.8 Å². The van der Waals surface area contributed by atoms with E-state index in [1.807, 2.05) is 50.2 Å². The van der Waals surface area contributed by atoms with Gasteiger partial charge in [-0.25, -0.2) is 0 Å². The van der Waals surface area contributed by atoms with Gasteiger partial charge in [-0.3, -0.25) is 0 Å². The van der Waals surface area contributed by atoms with E-state index in [0.29, 0.717) is 6.61 Å². The third-order valence-electron chi connectivity index (χ3n) is 6.48. The third-order valence-corrected chi connectivity index (χ3v) is 7.00. The van der Waals surface area contributed by atoms with Crippen LogP contribution >= 0.6 is 15.9 Å². The Kier molecular flexibility index (Phi) is 6.20. The number of rotatable bonds is 6. The van der Waals surface area contributed by atoms with Gasteiger partial charge < -0.3 is 14.6 Å². The molecule has 0 radical (unpaired) electrons. The lowest BCUT2D eigenvalue weighted by molar-refractivity contribution is 0.0773. The summed E-state index contributed by atoms with van der Waals surface area (Å²) in [7, 11) is 0. The van der Waals surface area contributed by atoms with E-state index in [4.69, 9.17) is 9.47 Å². The van der Waals surface area contributed by atoms with Gasteiger partial charge in [-0.05, 0) is 67.6 Å². The van der Waals surface area contributed by atoms with Crippen LogP contribution in [-0.4, -0.2) is 11.7 Å². The molecule has 35 heavy (non-hydrogen) atoms. The highest BCUT2D eigenvalue weighted by Crippen LogP contribution is 2.48. The Hall–Kier alpha value is -3.08. The quantitative estimate of drug-likeness (QED) is 0.275. The van der Waals surface area contributed by atoms with Crippen LogP contribution in [0.2, 0.25) is 0 Å². The van der Waals surface area contributed by atoms with Gasteiger partial charge in [0.1, 0.15) is 11.5 Å². The first-order chi connectivity index (χ1) is 16.8. The molecule has 0 saturated carbocycles. The molecule has 1 unspecified atom stereocenters. The number of halogens is 1. The summed E-state index contributed by atoms with van der Waals surface area (Å²) in [5.41, 5.74) is 1.92. The van der Waals surface area contributed by atoms with E-state index >= 15 is 0 Å². The Morgan fingerprint density at radius 1 is 0.943 bits per heavy atom. The van der Waals surface area contributed by atoms with E-state index < -0.39 is 11.2 Å². The van der Waals surface area contributed by atoms with Crippen molar-refractivity contribution in [3.8, 4) is 11.5 Å². The number of hydrogen-bond acceptors (Lipinski definition) is 3. The van der Waals surface area contributed by atoms with Crippen LogP contribution in [0.5, 0.6) is 11.5 Å². The molecule has 4 aromatic carbocycles. The lowest BCUT2D eigenvalue weighted by Crippen LogP contribution is -2.35. The number of benzene rings is 4. The van der Waals surface area contributed by atoms with Crippen LogP contribution in [0.3, 0.4) is 0 Å². The number of hydrogen-bond donors (Lipinski definition) is 1. The predicted molar refractivity (Wildman–Crippen MR) is 146 cm³/mol. The Morgan fingerprint density at radius 2 is 1.60 bits per heavy atom. The van der Waals surface area contributed by atoms with Crippen molar-refractivity contribution in [2.45, 2.75) is 38.4 Å². The topological polar surface area (TPSA) is 38.7 Å². The fraction of sp³-hybridized carbons (Fsp3) is 0.226. The molecule has 4 heteroatoms. The molecule has 1 aliphatic heterocycles. The first-order valence-electron chi connectivity index (χ1n) is 12.0. The van der Waals surface area contributed by atoms with Crippen LogP contribution in [-0.2, 0) is 11.2 Å². The van der Waals surface area contributed by atoms with Crippen LogP contribution in [0.1, 0.15) is 49.4 Å². The van der Waals surface area contributed by atoms with E-state index in [2.05, 4.69) is 77.5 Å². The maximum atomic E-state index is 11.0. The molecule has 5 rings (SSSR count). The van der Waals surface area contributed by atoms with Gasteiger partial charge in [-0.15, -0.1) is 0 Å². The highest BCUT2D eigenvalue weighted by Gasteiger charge is 2.39. The number of aliphatic hydroxyl groups is 1. The SMILES string of the molecule is CCCOc1ccc(C2(c3ccc(Br)cc3)C=Cc3c(C(C)(C)O)cc4ccccc4c3O2)cc1. The summed E-state index contributed by atoms with van der Waals surface area (Å²) in [4.78, 5) is 0. The predicted octanol–water partition coefficient (Wildman–Crippen LogP) is 7.97. The molecule has 0 aliphatic carbocycles. The van der Waals surface area contributed by atoms with Gasteiger partial charge in [0.2, 0.25) is 0 Å². The van der Waals surface area contributed by atoms with Gasteiger partial charge in [0.05, 0.1) is 12.2 Å². The fourth-order valence-corrected chi connectivity index (χ4v) is 4.97. The van der Waals surface area contributed by atoms with Gasteiger partial charge in [-0.1, -0.05) is 77.5 Å². The van der Waals surface area contributed by atoms with Crippen molar-refractivity contribution in [2.75, 3.05) is 6.61 Å². The van der Waals surface area contributed by atoms with Gasteiger partial charge in [0, 0.05) is 26.5 Å². The summed E-state index contributed by atoms with van der Waals surface area (Å²) >= 11 is 3.56. The zero-order chi connectivity index (χ0) is 24.6. The zero-order valence-electron chi connectivity index (χ0n) is 20.2. The summed E-state index contributed by atoms with van der Waals surface area (Å²) in [5.74, 6) is 1.62. The first-order valence-corrected chi connectivity index (χ1v) is 12.8. The molecule has 4 aromatic rings. The second-order valence-electron chi connectivity index (χ2n) is 9.50. The maximum Gasteiger partial charge on any atom is 0.178 e. The van der Waals surface area contributed by atoms with E-state index in [-0.39, 0.29) is 0 Å². The number of ether oxygens (including phenoxy) is 2. The largest absolute Gasteiger partial charge is 0.494 e. The third kappa shape index (κ3) is 4.37. The average Bonchev–Trinajstić information content (AvgIpc) is 2.87.